The Morgan fingerprint density at radius 3 is 2.08 bits per heavy atom. The number of likely N-dealkylation sites (N-methyl/N-ethyl adjacent to an activating group) is 1. The van der Waals surface area contributed by atoms with Crippen molar-refractivity contribution in [2.24, 2.45) is 0 Å². The molecule has 0 unspecified atom stereocenters. The van der Waals surface area contributed by atoms with Crippen molar-refractivity contribution in [3.8, 4) is 0 Å². The van der Waals surface area contributed by atoms with Crippen LogP contribution >= 0.6 is 46.4 Å². The lowest BCUT2D eigenvalue weighted by Crippen LogP contribution is -2.50. The molecule has 3 aromatic carbocycles. The summed E-state index contributed by atoms with van der Waals surface area (Å²) < 4.78 is 28.3. The molecule has 7 nitrogen and oxygen atoms in total. The van der Waals surface area contributed by atoms with Crippen molar-refractivity contribution < 1.29 is 18.0 Å². The van der Waals surface area contributed by atoms with Crippen molar-refractivity contribution in [1.29, 1.82) is 0 Å². The van der Waals surface area contributed by atoms with Crippen LogP contribution in [0.4, 0.5) is 5.69 Å². The number of sulfonamides is 1. The average molecular weight is 603 g/mol. The molecule has 1 atom stereocenters. The van der Waals surface area contributed by atoms with E-state index in [4.69, 9.17) is 46.4 Å². The van der Waals surface area contributed by atoms with E-state index in [1.54, 1.807) is 30.3 Å². The summed E-state index contributed by atoms with van der Waals surface area (Å²) in [5.41, 5.74) is 0.616. The number of amides is 2. The van der Waals surface area contributed by atoms with E-state index in [0.717, 1.165) is 4.31 Å². The minimum Gasteiger partial charge on any atom is -0.357 e. The zero-order valence-electron chi connectivity index (χ0n) is 19.8. The van der Waals surface area contributed by atoms with E-state index in [1.165, 1.54) is 55.3 Å². The SMILES string of the molecule is CNC(=O)[C@@H](C)N(Cc1ccc(Cl)cc1Cl)C(=O)CN(c1cc(Cl)cc(Cl)c1)S(=O)(=O)c1ccccc1. The Morgan fingerprint density at radius 2 is 1.51 bits per heavy atom. The second-order valence-corrected chi connectivity index (χ2v) is 11.6. The fourth-order valence-corrected chi connectivity index (χ4v) is 5.96. The quantitative estimate of drug-likeness (QED) is 0.342. The molecule has 3 aromatic rings. The molecule has 0 aliphatic rings. The third-order valence-corrected chi connectivity index (χ3v) is 8.33. The molecule has 2 amide bonds. The minimum absolute atomic E-state index is 0.0365. The van der Waals surface area contributed by atoms with Crippen LogP contribution in [0.15, 0.2) is 71.6 Å². The predicted molar refractivity (Wildman–Crippen MR) is 148 cm³/mol. The molecule has 0 aliphatic heterocycles. The summed E-state index contributed by atoms with van der Waals surface area (Å²) in [5, 5.41) is 3.59. The van der Waals surface area contributed by atoms with Crippen LogP contribution in [0.1, 0.15) is 12.5 Å². The summed E-state index contributed by atoms with van der Waals surface area (Å²) in [4.78, 5) is 27.5. The molecule has 0 spiro atoms. The van der Waals surface area contributed by atoms with E-state index in [2.05, 4.69) is 5.32 Å². The van der Waals surface area contributed by atoms with Gasteiger partial charge in [0, 0.05) is 33.7 Å². The Kier molecular flexibility index (Phi) is 9.72. The average Bonchev–Trinajstić information content (AvgIpc) is 2.85. The predicted octanol–water partition coefficient (Wildman–Crippen LogP) is 5.66. The van der Waals surface area contributed by atoms with Crippen LogP contribution in [0.5, 0.6) is 0 Å². The smallest absolute Gasteiger partial charge is 0.264 e. The molecule has 0 heterocycles. The number of hydrogen-bond acceptors (Lipinski definition) is 4. The van der Waals surface area contributed by atoms with Crippen molar-refractivity contribution in [1.82, 2.24) is 10.2 Å². The van der Waals surface area contributed by atoms with Crippen LogP contribution in [-0.2, 0) is 26.2 Å². The lowest BCUT2D eigenvalue weighted by atomic mass is 10.1. The van der Waals surface area contributed by atoms with Crippen molar-refractivity contribution in [2.45, 2.75) is 24.4 Å². The van der Waals surface area contributed by atoms with Gasteiger partial charge in [-0.3, -0.25) is 13.9 Å². The molecule has 3 rings (SSSR count). The molecule has 37 heavy (non-hydrogen) atoms. The van der Waals surface area contributed by atoms with E-state index in [-0.39, 0.29) is 27.2 Å². The summed E-state index contributed by atoms with van der Waals surface area (Å²) in [7, 11) is -2.79. The van der Waals surface area contributed by atoms with Crippen molar-refractivity contribution in [2.75, 3.05) is 17.9 Å². The lowest BCUT2D eigenvalue weighted by molar-refractivity contribution is -0.139. The van der Waals surface area contributed by atoms with Gasteiger partial charge in [-0.2, -0.15) is 0 Å². The molecule has 12 heteroatoms. The summed E-state index contributed by atoms with van der Waals surface area (Å²) >= 11 is 24.6. The molecular formula is C25H23Cl4N3O4S. The third-order valence-electron chi connectivity index (χ3n) is 5.51. The first-order valence-electron chi connectivity index (χ1n) is 10.9. The summed E-state index contributed by atoms with van der Waals surface area (Å²) in [6.07, 6.45) is 0. The van der Waals surface area contributed by atoms with Crippen molar-refractivity contribution in [3.05, 3.63) is 92.4 Å². The zero-order valence-corrected chi connectivity index (χ0v) is 23.6. The molecule has 196 valence electrons. The van der Waals surface area contributed by atoms with Gasteiger partial charge in [0.05, 0.1) is 10.6 Å². The van der Waals surface area contributed by atoms with Gasteiger partial charge in [-0.05, 0) is 55.0 Å². The number of nitrogens with zero attached hydrogens (tertiary/aromatic N) is 2. The van der Waals surface area contributed by atoms with Crippen molar-refractivity contribution >= 4 is 73.9 Å². The van der Waals surface area contributed by atoms with Gasteiger partial charge < -0.3 is 10.2 Å². The molecule has 0 saturated heterocycles. The first kappa shape index (κ1) is 29.1. The first-order valence-corrected chi connectivity index (χ1v) is 13.9. The van der Waals surface area contributed by atoms with E-state index in [1.807, 2.05) is 0 Å². The fraction of sp³-hybridized carbons (Fsp3) is 0.200. The van der Waals surface area contributed by atoms with Gasteiger partial charge in [-0.1, -0.05) is 70.7 Å². The highest BCUT2D eigenvalue weighted by molar-refractivity contribution is 7.92. The van der Waals surface area contributed by atoms with Gasteiger partial charge in [0.15, 0.2) is 0 Å². The lowest BCUT2D eigenvalue weighted by Gasteiger charge is -2.32. The monoisotopic (exact) mass is 601 g/mol. The topological polar surface area (TPSA) is 86.8 Å². The normalized spacial score (nSPS) is 12.1. The Morgan fingerprint density at radius 1 is 0.892 bits per heavy atom. The van der Waals surface area contributed by atoms with Gasteiger partial charge in [0.2, 0.25) is 11.8 Å². The number of hydrogen-bond donors (Lipinski definition) is 1. The van der Waals surface area contributed by atoms with E-state index < -0.39 is 34.4 Å². The van der Waals surface area contributed by atoms with Crippen molar-refractivity contribution in [3.63, 3.8) is 0 Å². The highest BCUT2D eigenvalue weighted by Crippen LogP contribution is 2.30. The molecule has 0 aliphatic carbocycles. The highest BCUT2D eigenvalue weighted by Gasteiger charge is 2.32. The number of benzene rings is 3. The standard InChI is InChI=1S/C25H23Cl4N3O4S/c1-16(25(34)30-2)31(14-17-8-9-18(26)13-23(17)29)24(33)15-32(21-11-19(27)10-20(28)12-21)37(35,36)22-6-4-3-5-7-22/h3-13,16H,14-15H2,1-2H3,(H,30,34)/t16-/m1/s1. The molecule has 0 fully saturated rings. The number of carbonyl (C=O) groups is 2. The number of halogens is 4. The zero-order chi connectivity index (χ0) is 27.3. The van der Waals surface area contributed by atoms with E-state index >= 15 is 0 Å². The van der Waals surface area contributed by atoms with Crippen LogP contribution < -0.4 is 9.62 Å². The van der Waals surface area contributed by atoms with Gasteiger partial charge in [0.1, 0.15) is 12.6 Å². The molecule has 0 radical (unpaired) electrons. The van der Waals surface area contributed by atoms with Gasteiger partial charge >= 0.3 is 0 Å². The second kappa shape index (κ2) is 12.4. The molecule has 1 N–H and O–H groups in total. The second-order valence-electron chi connectivity index (χ2n) is 8.00. The number of anilines is 1. The number of rotatable bonds is 9. The Labute approximate surface area is 235 Å². The van der Waals surface area contributed by atoms with Gasteiger partial charge in [-0.15, -0.1) is 0 Å². The van der Waals surface area contributed by atoms with E-state index in [9.17, 15) is 18.0 Å². The van der Waals surface area contributed by atoms with E-state index in [0.29, 0.717) is 15.6 Å². The third kappa shape index (κ3) is 7.09. The maximum atomic E-state index is 13.7. The molecular weight excluding hydrogens is 580 g/mol. The molecule has 0 saturated carbocycles. The molecule has 0 bridgehead atoms. The number of carbonyl (C=O) groups excluding carboxylic acids is 2. The molecule has 0 aromatic heterocycles. The van der Waals surface area contributed by atoms with Gasteiger partial charge in [0.25, 0.3) is 10.0 Å². The summed E-state index contributed by atoms with van der Waals surface area (Å²) in [5.74, 6) is -1.10. The number of nitrogens with one attached hydrogen (secondary N) is 1. The Hall–Kier alpha value is -2.49. The Bertz CT molecular complexity index is 1380. The minimum atomic E-state index is -4.23. The van der Waals surface area contributed by atoms with Gasteiger partial charge in [-0.25, -0.2) is 8.42 Å². The van der Waals surface area contributed by atoms with Crippen LogP contribution in [0.25, 0.3) is 0 Å². The largest absolute Gasteiger partial charge is 0.357 e. The Balaban J connectivity index is 2.07. The maximum Gasteiger partial charge on any atom is 0.264 e. The van der Waals surface area contributed by atoms with Crippen LogP contribution in [-0.4, -0.2) is 44.8 Å². The van der Waals surface area contributed by atoms with Crippen LogP contribution in [0.2, 0.25) is 20.1 Å². The van der Waals surface area contributed by atoms with Crippen LogP contribution in [0.3, 0.4) is 0 Å². The maximum absolute atomic E-state index is 13.7. The first-order chi connectivity index (χ1) is 17.4. The fourth-order valence-electron chi connectivity index (χ4n) is 3.56. The summed E-state index contributed by atoms with van der Waals surface area (Å²) in [6.45, 7) is 0.826. The highest BCUT2D eigenvalue weighted by atomic mass is 35.5. The van der Waals surface area contributed by atoms with Crippen LogP contribution in [0, 0.1) is 0 Å². The summed E-state index contributed by atoms with van der Waals surface area (Å²) in [6, 6.07) is 15.7.